The van der Waals surface area contributed by atoms with Crippen LogP contribution in [0.25, 0.3) is 10.6 Å². The molecule has 0 amide bonds. The van der Waals surface area contributed by atoms with Crippen molar-refractivity contribution in [2.45, 2.75) is 33.1 Å². The van der Waals surface area contributed by atoms with Crippen LogP contribution in [0.4, 0.5) is 0 Å². The Bertz CT molecular complexity index is 591. The number of rotatable bonds is 3. The molecule has 0 saturated carbocycles. The first-order chi connectivity index (χ1) is 8.65. The third-order valence-corrected chi connectivity index (χ3v) is 4.27. The van der Waals surface area contributed by atoms with Crippen molar-refractivity contribution < 1.29 is 0 Å². The Morgan fingerprint density at radius 3 is 2.72 bits per heavy atom. The van der Waals surface area contributed by atoms with Gasteiger partial charge in [-0.2, -0.15) is 5.26 Å². The van der Waals surface area contributed by atoms with Crippen LogP contribution in [0.2, 0.25) is 0 Å². The zero-order valence-corrected chi connectivity index (χ0v) is 11.7. The van der Waals surface area contributed by atoms with Crippen molar-refractivity contribution in [1.29, 1.82) is 5.26 Å². The van der Waals surface area contributed by atoms with Crippen LogP contribution in [0.5, 0.6) is 0 Å². The maximum absolute atomic E-state index is 8.94. The number of thiazole rings is 1. The Balaban J connectivity index is 2.48. The molecule has 0 aliphatic heterocycles. The second-order valence-corrected chi connectivity index (χ2v) is 5.56. The normalized spacial score (nSPS) is 10.6. The van der Waals surface area contributed by atoms with Crippen LogP contribution in [-0.2, 0) is 6.42 Å². The first kappa shape index (κ1) is 12.8. The predicted octanol–water partition coefficient (Wildman–Crippen LogP) is 4.37. The molecule has 1 heterocycles. The highest BCUT2D eigenvalue weighted by Crippen LogP contribution is 2.33. The van der Waals surface area contributed by atoms with Crippen LogP contribution >= 0.6 is 11.3 Å². The first-order valence-corrected chi connectivity index (χ1v) is 6.97. The number of hydrogen-bond donors (Lipinski definition) is 0. The van der Waals surface area contributed by atoms with Gasteiger partial charge in [-0.15, -0.1) is 11.3 Å². The molecule has 0 bridgehead atoms. The number of nitriles is 1. The predicted molar refractivity (Wildman–Crippen MR) is 75.7 cm³/mol. The van der Waals surface area contributed by atoms with E-state index < -0.39 is 0 Å². The fourth-order valence-electron chi connectivity index (χ4n) is 1.91. The average molecular weight is 256 g/mol. The highest BCUT2D eigenvalue weighted by molar-refractivity contribution is 7.15. The molecule has 3 heteroatoms. The maximum Gasteiger partial charge on any atom is 0.123 e. The summed E-state index contributed by atoms with van der Waals surface area (Å²) in [6.45, 7) is 6.53. The van der Waals surface area contributed by atoms with Gasteiger partial charge in [0.1, 0.15) is 5.01 Å². The number of hydrogen-bond acceptors (Lipinski definition) is 3. The van der Waals surface area contributed by atoms with Gasteiger partial charge in [-0.05, 0) is 24.5 Å². The van der Waals surface area contributed by atoms with Crippen LogP contribution in [0.15, 0.2) is 24.3 Å². The lowest BCUT2D eigenvalue weighted by atomic mass is 10.1. The van der Waals surface area contributed by atoms with E-state index in [9.17, 15) is 0 Å². The summed E-state index contributed by atoms with van der Waals surface area (Å²) in [6, 6.07) is 9.83. The number of aromatic nitrogens is 1. The molecular formula is C15H16N2S. The van der Waals surface area contributed by atoms with Crippen LogP contribution in [0, 0.1) is 11.3 Å². The summed E-state index contributed by atoms with van der Waals surface area (Å²) in [5, 5.41) is 9.96. The number of aryl methyl sites for hydroxylation is 1. The third kappa shape index (κ3) is 2.44. The Hall–Kier alpha value is -1.66. The molecule has 2 rings (SSSR count). The standard InChI is InChI=1S/C15H16N2S/c1-4-13-14(10(2)3)18-15(17-13)12-7-5-6-11(8-12)9-16/h5-8,10H,4H2,1-3H3. The average Bonchev–Trinajstić information content (AvgIpc) is 2.83. The Kier molecular flexibility index (Phi) is 3.78. The largest absolute Gasteiger partial charge is 0.241 e. The maximum atomic E-state index is 8.94. The minimum Gasteiger partial charge on any atom is -0.241 e. The van der Waals surface area contributed by atoms with Gasteiger partial charge in [0.05, 0.1) is 17.3 Å². The van der Waals surface area contributed by atoms with Crippen molar-refractivity contribution in [2.24, 2.45) is 0 Å². The molecule has 92 valence electrons. The molecule has 2 aromatic rings. The summed E-state index contributed by atoms with van der Waals surface area (Å²) in [6.07, 6.45) is 0.960. The van der Waals surface area contributed by atoms with Crippen molar-refractivity contribution in [2.75, 3.05) is 0 Å². The summed E-state index contributed by atoms with van der Waals surface area (Å²) >= 11 is 1.74. The van der Waals surface area contributed by atoms with Crippen LogP contribution in [0.1, 0.15) is 42.8 Å². The monoisotopic (exact) mass is 256 g/mol. The minimum atomic E-state index is 0.505. The number of nitrogens with zero attached hydrogens (tertiary/aromatic N) is 2. The van der Waals surface area contributed by atoms with E-state index in [-0.39, 0.29) is 0 Å². The lowest BCUT2D eigenvalue weighted by Crippen LogP contribution is -1.90. The van der Waals surface area contributed by atoms with E-state index in [1.54, 1.807) is 11.3 Å². The van der Waals surface area contributed by atoms with E-state index in [2.05, 4.69) is 26.8 Å². The second kappa shape index (κ2) is 5.32. The van der Waals surface area contributed by atoms with Crippen molar-refractivity contribution >= 4 is 11.3 Å². The van der Waals surface area contributed by atoms with Gasteiger partial charge in [0.15, 0.2) is 0 Å². The lowest BCUT2D eigenvalue weighted by molar-refractivity contribution is 0.856. The van der Waals surface area contributed by atoms with E-state index in [0.717, 1.165) is 17.0 Å². The summed E-state index contributed by atoms with van der Waals surface area (Å²) < 4.78 is 0. The van der Waals surface area contributed by atoms with E-state index in [0.29, 0.717) is 11.5 Å². The molecule has 18 heavy (non-hydrogen) atoms. The zero-order valence-electron chi connectivity index (χ0n) is 10.9. The molecule has 0 aliphatic carbocycles. The minimum absolute atomic E-state index is 0.505. The summed E-state index contributed by atoms with van der Waals surface area (Å²) in [4.78, 5) is 6.06. The van der Waals surface area contributed by atoms with Crippen molar-refractivity contribution in [3.8, 4) is 16.6 Å². The molecule has 0 N–H and O–H groups in total. The van der Waals surface area contributed by atoms with Gasteiger partial charge in [-0.3, -0.25) is 0 Å². The Morgan fingerprint density at radius 2 is 2.17 bits per heavy atom. The third-order valence-electron chi connectivity index (χ3n) is 2.83. The Morgan fingerprint density at radius 1 is 1.39 bits per heavy atom. The van der Waals surface area contributed by atoms with E-state index in [4.69, 9.17) is 10.2 Å². The smallest absolute Gasteiger partial charge is 0.123 e. The van der Waals surface area contributed by atoms with Crippen molar-refractivity contribution in [3.05, 3.63) is 40.4 Å². The highest BCUT2D eigenvalue weighted by Gasteiger charge is 2.13. The molecule has 0 radical (unpaired) electrons. The molecule has 0 spiro atoms. The molecule has 1 aromatic carbocycles. The van der Waals surface area contributed by atoms with Gasteiger partial charge in [0.2, 0.25) is 0 Å². The fraction of sp³-hybridized carbons (Fsp3) is 0.333. The fourth-order valence-corrected chi connectivity index (χ4v) is 3.07. The van der Waals surface area contributed by atoms with Gasteiger partial charge in [-0.1, -0.05) is 32.9 Å². The SMILES string of the molecule is CCc1nc(-c2cccc(C#N)c2)sc1C(C)C. The zero-order chi connectivity index (χ0) is 13.1. The van der Waals surface area contributed by atoms with E-state index in [1.807, 2.05) is 24.3 Å². The molecule has 1 aromatic heterocycles. The van der Waals surface area contributed by atoms with Crippen LogP contribution < -0.4 is 0 Å². The van der Waals surface area contributed by atoms with Gasteiger partial charge >= 0.3 is 0 Å². The molecule has 2 nitrogen and oxygen atoms in total. The summed E-state index contributed by atoms with van der Waals surface area (Å²) in [5.41, 5.74) is 2.92. The number of benzene rings is 1. The van der Waals surface area contributed by atoms with E-state index in [1.165, 1.54) is 10.6 Å². The quantitative estimate of drug-likeness (QED) is 0.817. The molecule has 0 aliphatic rings. The van der Waals surface area contributed by atoms with Gasteiger partial charge < -0.3 is 0 Å². The summed E-state index contributed by atoms with van der Waals surface area (Å²) in [5.74, 6) is 0.505. The van der Waals surface area contributed by atoms with Crippen molar-refractivity contribution in [1.82, 2.24) is 4.98 Å². The molecular weight excluding hydrogens is 240 g/mol. The van der Waals surface area contributed by atoms with Crippen molar-refractivity contribution in [3.63, 3.8) is 0 Å². The topological polar surface area (TPSA) is 36.7 Å². The van der Waals surface area contributed by atoms with Crippen LogP contribution in [-0.4, -0.2) is 4.98 Å². The summed E-state index contributed by atoms with van der Waals surface area (Å²) in [7, 11) is 0. The van der Waals surface area contributed by atoms with Gasteiger partial charge in [0, 0.05) is 10.4 Å². The van der Waals surface area contributed by atoms with Crippen LogP contribution in [0.3, 0.4) is 0 Å². The second-order valence-electron chi connectivity index (χ2n) is 4.53. The van der Waals surface area contributed by atoms with Gasteiger partial charge in [-0.25, -0.2) is 4.98 Å². The first-order valence-electron chi connectivity index (χ1n) is 6.15. The molecule has 0 atom stereocenters. The molecule has 0 saturated heterocycles. The lowest BCUT2D eigenvalue weighted by Gasteiger charge is -2.01. The molecule has 0 fully saturated rings. The van der Waals surface area contributed by atoms with E-state index >= 15 is 0 Å². The van der Waals surface area contributed by atoms with Gasteiger partial charge in [0.25, 0.3) is 0 Å². The highest BCUT2D eigenvalue weighted by atomic mass is 32.1. The molecule has 0 unspecified atom stereocenters. The Labute approximate surface area is 112 Å².